The number of aryl methyl sites for hydroxylation is 2. The monoisotopic (exact) mass is 1850 g/mol. The SMILES string of the molecule is CC.CC.CC.CC.CC.CC.CC.CC.CC.CC.CC.CC.CC.CC.CC.CC.CC.CC.CC.CC.CC.Cc1nc2ccccc2n1C.c1ccc2cnccc2c1.c1ccc2ncccc2c1.c1ccc2nccnc2c1.c1ccc2ncncc2c1.c1ccn2ccnc2c1.c1ccncc1.c1cnc2nccn2c1.c1cnccn1.c1cncnc1.c1ncncn1. The van der Waals surface area contributed by atoms with Gasteiger partial charge in [-0.1, -0.05) is 394 Å². The molecule has 0 atom stereocenters. The molecule has 0 spiro atoms. The number of nitrogens with zero attached hydrogens (tertiary/aromatic N) is 21. The van der Waals surface area contributed by atoms with Crippen molar-refractivity contribution in [3.05, 3.63) is 356 Å². The molecule has 0 N–H and O–H groups in total. The number of fused-ring (bicyclic) bond motifs is 7. The van der Waals surface area contributed by atoms with Gasteiger partial charge in [0.2, 0.25) is 5.78 Å². The molecule has 0 radical (unpaired) electrons. The molecular weight excluding hydrogens is 1660 g/mol. The Labute approximate surface area is 824 Å². The van der Waals surface area contributed by atoms with E-state index in [-0.39, 0.29) is 0 Å². The van der Waals surface area contributed by atoms with Gasteiger partial charge in [0.05, 0.1) is 33.1 Å². The van der Waals surface area contributed by atoms with E-state index in [4.69, 9.17) is 0 Å². The lowest BCUT2D eigenvalue weighted by Gasteiger charge is -1.93. The van der Waals surface area contributed by atoms with Crippen LogP contribution < -0.4 is 0 Å². The number of imidazole rings is 3. The highest BCUT2D eigenvalue weighted by molar-refractivity contribution is 5.81. The van der Waals surface area contributed by atoms with Crippen LogP contribution in [0.25, 0.3) is 66.1 Å². The lowest BCUT2D eigenvalue weighted by molar-refractivity contribution is 0.886. The molecule has 0 saturated carbocycles. The predicted molar refractivity (Wildman–Crippen MR) is 603 cm³/mol. The second kappa shape index (κ2) is 144. The zero-order valence-electron chi connectivity index (χ0n) is 92.8. The Kier molecular flexibility index (Phi) is 163. The first-order valence-corrected chi connectivity index (χ1v) is 49.8. The van der Waals surface area contributed by atoms with Crippen molar-refractivity contribution in [2.45, 2.75) is 298 Å². The molecule has 0 saturated heterocycles. The largest absolute Gasteiger partial charge is 0.331 e. The number of rotatable bonds is 0. The van der Waals surface area contributed by atoms with Crippen LogP contribution in [0.15, 0.2) is 350 Å². The highest BCUT2D eigenvalue weighted by atomic mass is 15.1. The van der Waals surface area contributed by atoms with Crippen molar-refractivity contribution in [3.63, 3.8) is 0 Å². The highest BCUT2D eigenvalue weighted by Gasteiger charge is 2.00. The summed E-state index contributed by atoms with van der Waals surface area (Å²) in [6.45, 7) is 86.0. The van der Waals surface area contributed by atoms with Gasteiger partial charge in [0.25, 0.3) is 0 Å². The Morgan fingerprint density at radius 3 is 0.926 bits per heavy atom. The van der Waals surface area contributed by atoms with Crippen LogP contribution in [-0.2, 0) is 7.05 Å². The quantitative estimate of drug-likeness (QED) is 0.137. The summed E-state index contributed by atoms with van der Waals surface area (Å²) < 4.78 is 5.93. The third-order valence-corrected chi connectivity index (χ3v) is 12.3. The van der Waals surface area contributed by atoms with Crippen molar-refractivity contribution in [1.29, 1.82) is 0 Å². The summed E-state index contributed by atoms with van der Waals surface area (Å²) >= 11 is 0. The molecule has 0 bridgehead atoms. The minimum atomic E-state index is 0.748. The van der Waals surface area contributed by atoms with Gasteiger partial charge in [-0.05, 0) is 103 Å². The molecule has 135 heavy (non-hydrogen) atoms. The van der Waals surface area contributed by atoms with Gasteiger partial charge in [-0.15, -0.1) is 0 Å². The second-order valence-corrected chi connectivity index (χ2v) is 18.5. The smallest absolute Gasteiger partial charge is 0.233 e. The van der Waals surface area contributed by atoms with Crippen LogP contribution in [-0.4, -0.2) is 103 Å². The Bertz CT molecular complexity index is 4000. The maximum atomic E-state index is 4.38. The van der Waals surface area contributed by atoms with Gasteiger partial charge in [-0.3, -0.25) is 39.3 Å². The van der Waals surface area contributed by atoms with E-state index in [1.54, 1.807) is 93.0 Å². The van der Waals surface area contributed by atoms with Crippen LogP contribution >= 0.6 is 0 Å². The summed E-state index contributed by atoms with van der Waals surface area (Å²) in [7, 11) is 2.03. The van der Waals surface area contributed by atoms with Crippen molar-refractivity contribution in [3.8, 4) is 0 Å². The summed E-state index contributed by atoms with van der Waals surface area (Å²) in [4.78, 5) is 70.1. The molecule has 0 aliphatic rings. The van der Waals surface area contributed by atoms with Crippen LogP contribution in [0.5, 0.6) is 0 Å². The van der Waals surface area contributed by atoms with Gasteiger partial charge < -0.3 is 8.97 Å². The molecule has 18 rings (SSSR count). The third kappa shape index (κ3) is 87.1. The van der Waals surface area contributed by atoms with Crippen molar-refractivity contribution in [1.82, 2.24) is 103 Å². The topological polar surface area (TPSA) is 246 Å². The summed E-state index contributed by atoms with van der Waals surface area (Å²) in [6.07, 6.45) is 44.4. The van der Waals surface area contributed by atoms with Crippen LogP contribution in [0.3, 0.4) is 0 Å². The van der Waals surface area contributed by atoms with Crippen LogP contribution in [0, 0.1) is 6.92 Å². The molecule has 0 aliphatic heterocycles. The fraction of sp³-hybridized carbons (Fsp3) is 0.386. The molecule has 13 aromatic heterocycles. The van der Waals surface area contributed by atoms with Crippen LogP contribution in [0.2, 0.25) is 0 Å². The molecule has 18 aromatic rings. The molecule has 0 aliphatic carbocycles. The lowest BCUT2D eigenvalue weighted by atomic mass is 10.2. The number of hydrogen-bond acceptors (Lipinski definition) is 18. The molecule has 5 aromatic carbocycles. The average molecular weight is 1850 g/mol. The van der Waals surface area contributed by atoms with Gasteiger partial charge in [0, 0.05) is 148 Å². The van der Waals surface area contributed by atoms with Crippen molar-refractivity contribution < 1.29 is 0 Å². The van der Waals surface area contributed by atoms with Gasteiger partial charge >= 0.3 is 0 Å². The zero-order valence-corrected chi connectivity index (χ0v) is 92.8. The first-order valence-electron chi connectivity index (χ1n) is 49.8. The molecular formula is C114H189N21. The normalized spacial score (nSPS) is 7.56. The number of para-hydroxylation sites is 6. The molecule has 0 fully saturated rings. The Hall–Kier alpha value is -13.3. The molecule has 0 unspecified atom stereocenters. The number of hydrogen-bond donors (Lipinski definition) is 0. The van der Waals surface area contributed by atoms with E-state index in [2.05, 4.69) is 125 Å². The summed E-state index contributed by atoms with van der Waals surface area (Å²) in [5.74, 6) is 1.81. The van der Waals surface area contributed by atoms with Crippen molar-refractivity contribution >= 4 is 66.1 Å². The second-order valence-electron chi connectivity index (χ2n) is 18.5. The molecule has 21 nitrogen and oxygen atoms in total. The Morgan fingerprint density at radius 2 is 0.533 bits per heavy atom. The Balaban J connectivity index is -0.0000000959. The number of aromatic nitrogens is 21. The van der Waals surface area contributed by atoms with E-state index < -0.39 is 0 Å². The average Bonchev–Trinajstić information content (AvgIpc) is 1.68. The van der Waals surface area contributed by atoms with Crippen molar-refractivity contribution in [2.75, 3.05) is 0 Å². The van der Waals surface area contributed by atoms with E-state index >= 15 is 0 Å². The van der Waals surface area contributed by atoms with E-state index in [1.807, 2.05) is 515 Å². The van der Waals surface area contributed by atoms with Gasteiger partial charge in [0.15, 0.2) is 0 Å². The van der Waals surface area contributed by atoms with Crippen LogP contribution in [0.4, 0.5) is 0 Å². The van der Waals surface area contributed by atoms with E-state index in [9.17, 15) is 0 Å². The maximum absolute atomic E-state index is 4.38. The number of pyridine rings is 4. The minimum Gasteiger partial charge on any atom is -0.331 e. The van der Waals surface area contributed by atoms with Crippen molar-refractivity contribution in [2.24, 2.45) is 7.05 Å². The molecule has 21 heteroatoms. The molecule has 750 valence electrons. The van der Waals surface area contributed by atoms with Gasteiger partial charge in [-0.2, -0.15) is 0 Å². The van der Waals surface area contributed by atoms with Gasteiger partial charge in [-0.25, -0.2) is 54.8 Å². The lowest BCUT2D eigenvalue weighted by Crippen LogP contribution is -1.89. The standard InChI is InChI=1S/C9H10N2.2C9H7N.2C8H6N2.C7H6N2.C6H5N3.C5H5N.2C4H4N2.C3H3N3.21C2H6/c1-7-10-8-5-3-4-6-9(8)11(7)2;1-2-6-9-8(4-1)5-3-7-10-9;1-2-4-9-7-10-6-5-8(9)3-1;1-2-4-8-7(3-1)5-9-6-10-8;1-2-4-8-7(3-1)9-5-6-10-8;1-2-5-9-6-4-8-7(9)3-1;1-2-7-6-8-3-5-9(6)4-1;1-2-4-6-5-3-1;1-2-6-4-3-5-1;1-2-5-4-6-3-1;1-4-2-6-3-5-1;21*1-2/h3-6H,1-2H3;2*1-7H;2*1-6H;1-6H;1-5H;1-5H;2*1-4H;1-3H;21*1-2H3. The Morgan fingerprint density at radius 1 is 0.185 bits per heavy atom. The first-order chi connectivity index (χ1) is 67.1. The highest BCUT2D eigenvalue weighted by Crippen LogP contribution is 2.14. The summed E-state index contributed by atoms with van der Waals surface area (Å²) in [5, 5.41) is 4.73. The predicted octanol–water partition coefficient (Wildman–Crippen LogP) is 35.1. The third-order valence-electron chi connectivity index (χ3n) is 12.3. The van der Waals surface area contributed by atoms with E-state index in [0.29, 0.717) is 0 Å². The van der Waals surface area contributed by atoms with Gasteiger partial charge in [0.1, 0.15) is 43.1 Å². The number of benzene rings is 5. The molecule has 13 heterocycles. The minimum absolute atomic E-state index is 0.748. The van der Waals surface area contributed by atoms with E-state index in [1.165, 1.54) is 47.0 Å². The van der Waals surface area contributed by atoms with Crippen LogP contribution in [0.1, 0.15) is 297 Å². The zero-order chi connectivity index (χ0) is 106. The molecule has 0 amide bonds. The first kappa shape index (κ1) is 153. The summed E-state index contributed by atoms with van der Waals surface area (Å²) in [5.41, 5.74) is 7.23. The van der Waals surface area contributed by atoms with E-state index in [0.717, 1.165) is 50.2 Å². The summed E-state index contributed by atoms with van der Waals surface area (Å²) in [6, 6.07) is 61.4. The fourth-order valence-electron chi connectivity index (χ4n) is 7.79. The maximum Gasteiger partial charge on any atom is 0.233 e. The fourth-order valence-corrected chi connectivity index (χ4v) is 7.79.